The molecule has 0 unspecified atom stereocenters. The summed E-state index contributed by atoms with van der Waals surface area (Å²) in [5, 5.41) is 3.71. The minimum absolute atomic E-state index is 0.0469. The van der Waals surface area contributed by atoms with Gasteiger partial charge in [-0.1, -0.05) is 42.1 Å². The van der Waals surface area contributed by atoms with Crippen molar-refractivity contribution in [3.05, 3.63) is 60.7 Å². The first-order valence-corrected chi connectivity index (χ1v) is 10.4. The van der Waals surface area contributed by atoms with E-state index in [2.05, 4.69) is 27.0 Å². The number of nitrogens with one attached hydrogen (secondary N) is 1. The van der Waals surface area contributed by atoms with E-state index in [0.717, 1.165) is 48.2 Å². The van der Waals surface area contributed by atoms with Gasteiger partial charge in [0.15, 0.2) is 5.16 Å². The minimum Gasteiger partial charge on any atom is -0.467 e. The third-order valence-electron chi connectivity index (χ3n) is 4.67. The molecule has 0 saturated carbocycles. The van der Waals surface area contributed by atoms with Gasteiger partial charge < -0.3 is 19.0 Å². The summed E-state index contributed by atoms with van der Waals surface area (Å²) in [6, 6.07) is 13.8. The monoisotopic (exact) mass is 397 g/mol. The van der Waals surface area contributed by atoms with E-state index in [9.17, 15) is 4.79 Å². The molecule has 1 aliphatic heterocycles. The summed E-state index contributed by atoms with van der Waals surface area (Å²) in [5.74, 6) is 0.996. The van der Waals surface area contributed by atoms with Crippen LogP contribution in [0, 0.1) is 0 Å². The van der Waals surface area contributed by atoms with E-state index in [1.54, 1.807) is 6.26 Å². The maximum atomic E-state index is 12.2. The fraction of sp³-hybridized carbons (Fsp3) is 0.333. The molecule has 1 aliphatic rings. The number of aromatic nitrogens is 2. The van der Waals surface area contributed by atoms with Crippen molar-refractivity contribution < 1.29 is 13.9 Å². The smallest absolute Gasteiger partial charge is 0.230 e. The van der Waals surface area contributed by atoms with E-state index in [-0.39, 0.29) is 12.0 Å². The maximum Gasteiger partial charge on any atom is 0.230 e. The summed E-state index contributed by atoms with van der Waals surface area (Å²) in [6.07, 6.45) is 5.83. The van der Waals surface area contributed by atoms with E-state index in [1.807, 2.05) is 36.5 Å². The zero-order valence-electron chi connectivity index (χ0n) is 15.5. The molecule has 3 heterocycles. The Kier molecular flexibility index (Phi) is 6.14. The van der Waals surface area contributed by atoms with E-state index >= 15 is 0 Å². The SMILES string of the molecule is O=C(CSc1ncc(-c2ccccc2)n1C[C@@H]1CCCO1)NCc1ccco1. The highest BCUT2D eigenvalue weighted by Crippen LogP contribution is 2.28. The minimum atomic E-state index is -0.0469. The molecule has 146 valence electrons. The summed E-state index contributed by atoms with van der Waals surface area (Å²) in [7, 11) is 0. The number of nitrogens with zero attached hydrogens (tertiary/aromatic N) is 2. The molecule has 0 spiro atoms. The van der Waals surface area contributed by atoms with E-state index < -0.39 is 0 Å². The highest BCUT2D eigenvalue weighted by Gasteiger charge is 2.21. The zero-order valence-corrected chi connectivity index (χ0v) is 16.4. The van der Waals surface area contributed by atoms with Crippen LogP contribution in [0.4, 0.5) is 0 Å². The number of hydrogen-bond donors (Lipinski definition) is 1. The van der Waals surface area contributed by atoms with Crippen LogP contribution in [0.3, 0.4) is 0 Å². The van der Waals surface area contributed by atoms with Crippen LogP contribution >= 0.6 is 11.8 Å². The predicted molar refractivity (Wildman–Crippen MR) is 108 cm³/mol. The molecular weight excluding hydrogens is 374 g/mol. The Bertz CT molecular complexity index is 887. The second-order valence-electron chi connectivity index (χ2n) is 6.68. The van der Waals surface area contributed by atoms with Gasteiger partial charge in [-0.3, -0.25) is 4.79 Å². The van der Waals surface area contributed by atoms with E-state index in [4.69, 9.17) is 9.15 Å². The van der Waals surface area contributed by atoms with E-state index in [1.165, 1.54) is 11.8 Å². The van der Waals surface area contributed by atoms with Crippen LogP contribution in [0.5, 0.6) is 0 Å². The molecule has 1 fully saturated rings. The molecule has 3 aromatic rings. The Morgan fingerprint density at radius 3 is 2.89 bits per heavy atom. The third-order valence-corrected chi connectivity index (χ3v) is 5.66. The Morgan fingerprint density at radius 2 is 2.14 bits per heavy atom. The average molecular weight is 398 g/mol. The van der Waals surface area contributed by atoms with Crippen molar-refractivity contribution in [3.63, 3.8) is 0 Å². The molecule has 6 nitrogen and oxygen atoms in total. The molecule has 7 heteroatoms. The molecule has 1 amide bonds. The average Bonchev–Trinajstić information content (AvgIpc) is 3.48. The number of hydrogen-bond acceptors (Lipinski definition) is 5. The summed E-state index contributed by atoms with van der Waals surface area (Å²) in [5.41, 5.74) is 2.16. The molecule has 0 bridgehead atoms. The first-order chi connectivity index (χ1) is 13.8. The second kappa shape index (κ2) is 9.12. The van der Waals surface area contributed by atoms with Crippen LogP contribution in [0.25, 0.3) is 11.3 Å². The Labute approximate surface area is 168 Å². The number of thioether (sulfide) groups is 1. The van der Waals surface area contributed by atoms with Crippen LogP contribution in [0.2, 0.25) is 0 Å². The lowest BCUT2D eigenvalue weighted by Crippen LogP contribution is -2.24. The van der Waals surface area contributed by atoms with Crippen molar-refractivity contribution >= 4 is 17.7 Å². The van der Waals surface area contributed by atoms with Gasteiger partial charge in [-0.2, -0.15) is 0 Å². The molecule has 1 aromatic carbocycles. The maximum absolute atomic E-state index is 12.2. The van der Waals surface area contributed by atoms with E-state index in [0.29, 0.717) is 12.3 Å². The molecule has 1 N–H and O–H groups in total. The number of carbonyl (C=O) groups is 1. The van der Waals surface area contributed by atoms with Gasteiger partial charge in [0.2, 0.25) is 5.91 Å². The molecule has 28 heavy (non-hydrogen) atoms. The number of benzene rings is 1. The van der Waals surface area contributed by atoms with Gasteiger partial charge in [0.1, 0.15) is 5.76 Å². The Hall–Kier alpha value is -2.51. The summed E-state index contributed by atoms with van der Waals surface area (Å²) < 4.78 is 13.2. The van der Waals surface area contributed by atoms with Gasteiger partial charge in [-0.25, -0.2) is 4.98 Å². The van der Waals surface area contributed by atoms with Crippen LogP contribution in [0.1, 0.15) is 18.6 Å². The molecule has 1 atom stereocenters. The van der Waals surface area contributed by atoms with Crippen LogP contribution in [-0.2, 0) is 22.6 Å². The summed E-state index contributed by atoms with van der Waals surface area (Å²) in [6.45, 7) is 1.96. The van der Waals surface area contributed by atoms with Gasteiger partial charge >= 0.3 is 0 Å². The molecule has 0 radical (unpaired) electrons. The van der Waals surface area contributed by atoms with Crippen molar-refractivity contribution in [2.75, 3.05) is 12.4 Å². The van der Waals surface area contributed by atoms with Crippen LogP contribution < -0.4 is 5.32 Å². The lowest BCUT2D eigenvalue weighted by Gasteiger charge is -2.16. The topological polar surface area (TPSA) is 69.3 Å². The lowest BCUT2D eigenvalue weighted by atomic mass is 10.1. The molecule has 4 rings (SSSR count). The predicted octanol–water partition coefficient (Wildman–Crippen LogP) is 3.73. The van der Waals surface area contributed by atoms with Gasteiger partial charge in [-0.05, 0) is 30.5 Å². The number of rotatable bonds is 8. The summed E-state index contributed by atoms with van der Waals surface area (Å²) >= 11 is 1.44. The third kappa shape index (κ3) is 4.66. The fourth-order valence-corrected chi connectivity index (χ4v) is 4.08. The number of ether oxygens (including phenoxy) is 1. The molecule has 2 aromatic heterocycles. The first-order valence-electron chi connectivity index (χ1n) is 9.44. The van der Waals surface area contributed by atoms with Crippen molar-refractivity contribution in [1.29, 1.82) is 0 Å². The highest BCUT2D eigenvalue weighted by molar-refractivity contribution is 7.99. The van der Waals surface area contributed by atoms with Crippen LogP contribution in [-0.4, -0.2) is 33.9 Å². The standard InChI is InChI=1S/C21H23N3O3S/c25-20(22-12-17-8-4-10-26-17)15-28-21-23-13-19(16-6-2-1-3-7-16)24(21)14-18-9-5-11-27-18/h1-4,6-8,10,13,18H,5,9,11-12,14-15H2,(H,22,25)/t18-/m0/s1. The largest absolute Gasteiger partial charge is 0.467 e. The normalized spacial score (nSPS) is 16.4. The van der Waals surface area contributed by atoms with Crippen LogP contribution in [0.15, 0.2) is 64.5 Å². The van der Waals surface area contributed by atoms with Crippen molar-refractivity contribution in [1.82, 2.24) is 14.9 Å². The van der Waals surface area contributed by atoms with Gasteiger partial charge in [0.05, 0.1) is 43.1 Å². The van der Waals surface area contributed by atoms with Crippen molar-refractivity contribution in [3.8, 4) is 11.3 Å². The number of amides is 1. The quantitative estimate of drug-likeness (QED) is 0.587. The van der Waals surface area contributed by atoms with Gasteiger partial charge in [-0.15, -0.1) is 0 Å². The number of carbonyl (C=O) groups excluding carboxylic acids is 1. The Morgan fingerprint density at radius 1 is 1.25 bits per heavy atom. The lowest BCUT2D eigenvalue weighted by molar-refractivity contribution is -0.118. The second-order valence-corrected chi connectivity index (χ2v) is 7.62. The Balaban J connectivity index is 1.44. The summed E-state index contributed by atoms with van der Waals surface area (Å²) in [4.78, 5) is 16.8. The van der Waals surface area contributed by atoms with Crippen molar-refractivity contribution in [2.24, 2.45) is 0 Å². The molecule has 1 saturated heterocycles. The van der Waals surface area contributed by atoms with Gasteiger partial charge in [0, 0.05) is 6.61 Å². The zero-order chi connectivity index (χ0) is 19.2. The first kappa shape index (κ1) is 18.8. The van der Waals surface area contributed by atoms with Crippen molar-refractivity contribution in [2.45, 2.75) is 37.2 Å². The highest BCUT2D eigenvalue weighted by atomic mass is 32.2. The number of imidazole rings is 1. The fourth-order valence-electron chi connectivity index (χ4n) is 3.26. The number of furan rings is 1. The molecule has 0 aliphatic carbocycles. The molecular formula is C21H23N3O3S. The van der Waals surface area contributed by atoms with Gasteiger partial charge in [0.25, 0.3) is 0 Å².